The van der Waals surface area contributed by atoms with E-state index < -0.39 is 6.10 Å². The van der Waals surface area contributed by atoms with Gasteiger partial charge in [-0.25, -0.2) is 4.39 Å². The number of amides is 1. The Hall–Kier alpha value is -2.87. The maximum Gasteiger partial charge on any atom is 0.277 e. The number of benzene rings is 2. The topological polar surface area (TPSA) is 77.2 Å². The van der Waals surface area contributed by atoms with Gasteiger partial charge >= 0.3 is 0 Å². The summed E-state index contributed by atoms with van der Waals surface area (Å²) in [5, 5.41) is 11.0. The van der Waals surface area contributed by atoms with Crippen LogP contribution in [0.5, 0.6) is 5.75 Å². The van der Waals surface area contributed by atoms with Crippen LogP contribution < -0.4 is 10.1 Å². The quantitative estimate of drug-likeness (QED) is 0.579. The molecule has 8 heteroatoms. The molecule has 6 nitrogen and oxygen atoms in total. The van der Waals surface area contributed by atoms with Crippen LogP contribution in [0, 0.1) is 19.7 Å². The van der Waals surface area contributed by atoms with Crippen molar-refractivity contribution in [2.75, 3.05) is 11.1 Å². The van der Waals surface area contributed by atoms with Gasteiger partial charge in [-0.15, -0.1) is 10.2 Å². The van der Waals surface area contributed by atoms with Gasteiger partial charge in [0.25, 0.3) is 11.1 Å². The summed E-state index contributed by atoms with van der Waals surface area (Å²) < 4.78 is 24.1. The molecule has 1 heterocycles. The first-order chi connectivity index (χ1) is 13.4. The molecular weight excluding hydrogens is 381 g/mol. The largest absolute Gasteiger partial charge is 0.481 e. The number of ether oxygens (including phenoxy) is 1. The highest BCUT2D eigenvalue weighted by Crippen LogP contribution is 2.24. The standard InChI is InChI=1S/C20H20FN3O3S/c1-12-5-4-6-17(13(12)2)22-18(25)11-28-20-24-23-19(27-20)14(3)26-16-9-7-15(21)8-10-16/h4-10,14H,11H2,1-3H3,(H,22,25)/t14-/m1/s1. The van der Waals surface area contributed by atoms with E-state index in [0.29, 0.717) is 5.75 Å². The Labute approximate surface area is 166 Å². The monoisotopic (exact) mass is 401 g/mol. The molecule has 0 saturated carbocycles. The Morgan fingerprint density at radius 2 is 1.96 bits per heavy atom. The first kappa shape index (κ1) is 19.9. The van der Waals surface area contributed by atoms with E-state index >= 15 is 0 Å². The number of anilines is 1. The summed E-state index contributed by atoms with van der Waals surface area (Å²) in [4.78, 5) is 12.2. The summed E-state index contributed by atoms with van der Waals surface area (Å²) in [6.07, 6.45) is -0.504. The van der Waals surface area contributed by atoms with Crippen molar-refractivity contribution in [3.8, 4) is 5.75 Å². The van der Waals surface area contributed by atoms with Crippen molar-refractivity contribution in [3.63, 3.8) is 0 Å². The van der Waals surface area contributed by atoms with Gasteiger partial charge in [-0.2, -0.15) is 0 Å². The number of aryl methyl sites for hydroxylation is 1. The van der Waals surface area contributed by atoms with E-state index in [1.165, 1.54) is 24.3 Å². The van der Waals surface area contributed by atoms with Crippen molar-refractivity contribution in [1.29, 1.82) is 0 Å². The number of thioether (sulfide) groups is 1. The van der Waals surface area contributed by atoms with Gasteiger partial charge in [0.15, 0.2) is 6.10 Å². The third kappa shape index (κ3) is 5.10. The summed E-state index contributed by atoms with van der Waals surface area (Å²) in [6.45, 7) is 5.71. The van der Waals surface area contributed by atoms with E-state index in [1.54, 1.807) is 6.92 Å². The van der Waals surface area contributed by atoms with Crippen LogP contribution in [0.4, 0.5) is 10.1 Å². The molecule has 1 atom stereocenters. The molecule has 0 aliphatic rings. The molecular formula is C20H20FN3O3S. The highest BCUT2D eigenvalue weighted by molar-refractivity contribution is 7.99. The number of aromatic nitrogens is 2. The van der Waals surface area contributed by atoms with Crippen LogP contribution in [0.1, 0.15) is 30.0 Å². The minimum absolute atomic E-state index is 0.141. The molecule has 28 heavy (non-hydrogen) atoms. The van der Waals surface area contributed by atoms with Gasteiger partial charge in [-0.3, -0.25) is 4.79 Å². The van der Waals surface area contributed by atoms with Gasteiger partial charge in [0.1, 0.15) is 11.6 Å². The van der Waals surface area contributed by atoms with E-state index in [-0.39, 0.29) is 28.6 Å². The number of rotatable bonds is 7. The van der Waals surface area contributed by atoms with Gasteiger partial charge in [0, 0.05) is 5.69 Å². The van der Waals surface area contributed by atoms with Gasteiger partial charge in [-0.1, -0.05) is 23.9 Å². The second-order valence-corrected chi connectivity index (χ2v) is 7.13. The number of halogens is 1. The van der Waals surface area contributed by atoms with Gasteiger partial charge < -0.3 is 14.5 Å². The fourth-order valence-electron chi connectivity index (χ4n) is 2.41. The Bertz CT molecular complexity index is 960. The number of nitrogens with one attached hydrogen (secondary N) is 1. The molecule has 1 amide bonds. The Kier molecular flexibility index (Phi) is 6.30. The zero-order valence-electron chi connectivity index (χ0n) is 15.7. The summed E-state index contributed by atoms with van der Waals surface area (Å²) in [6, 6.07) is 11.4. The molecule has 1 N–H and O–H groups in total. The summed E-state index contributed by atoms with van der Waals surface area (Å²) in [7, 11) is 0. The number of nitrogens with zero attached hydrogens (tertiary/aromatic N) is 2. The number of carbonyl (C=O) groups excluding carboxylic acids is 1. The number of carbonyl (C=O) groups is 1. The van der Waals surface area contributed by atoms with E-state index in [9.17, 15) is 9.18 Å². The van der Waals surface area contributed by atoms with Crippen LogP contribution in [-0.2, 0) is 4.79 Å². The second kappa shape index (κ2) is 8.88. The van der Waals surface area contributed by atoms with Crippen LogP contribution >= 0.6 is 11.8 Å². The van der Waals surface area contributed by atoms with Crippen LogP contribution in [0.3, 0.4) is 0 Å². The third-order valence-electron chi connectivity index (χ3n) is 4.10. The van der Waals surface area contributed by atoms with Crippen LogP contribution in [0.2, 0.25) is 0 Å². The predicted octanol–water partition coefficient (Wildman–Crippen LogP) is 4.70. The predicted molar refractivity (Wildman–Crippen MR) is 105 cm³/mol. The van der Waals surface area contributed by atoms with Crippen LogP contribution in [0.25, 0.3) is 0 Å². The average molecular weight is 401 g/mol. The van der Waals surface area contributed by atoms with Gasteiger partial charge in [0.05, 0.1) is 5.75 Å². The zero-order valence-corrected chi connectivity index (χ0v) is 16.5. The van der Waals surface area contributed by atoms with E-state index in [1.807, 2.05) is 32.0 Å². The molecule has 1 aromatic heterocycles. The van der Waals surface area contributed by atoms with E-state index in [2.05, 4.69) is 15.5 Å². The number of hydrogen-bond acceptors (Lipinski definition) is 6. The molecule has 3 aromatic rings. The van der Waals surface area contributed by atoms with Crippen molar-refractivity contribution >= 4 is 23.4 Å². The maximum atomic E-state index is 12.9. The molecule has 3 rings (SSSR count). The van der Waals surface area contributed by atoms with Gasteiger partial charge in [-0.05, 0) is 62.2 Å². The second-order valence-electron chi connectivity index (χ2n) is 6.20. The molecule has 0 bridgehead atoms. The molecule has 0 aliphatic heterocycles. The Balaban J connectivity index is 1.53. The normalized spacial score (nSPS) is 11.9. The summed E-state index contributed by atoms with van der Waals surface area (Å²) in [5.41, 5.74) is 2.94. The van der Waals surface area contributed by atoms with Crippen molar-refractivity contribution < 1.29 is 18.3 Å². The average Bonchev–Trinajstić information content (AvgIpc) is 3.15. The lowest BCUT2D eigenvalue weighted by molar-refractivity contribution is -0.113. The molecule has 0 unspecified atom stereocenters. The Morgan fingerprint density at radius 1 is 1.21 bits per heavy atom. The lowest BCUT2D eigenvalue weighted by atomic mass is 10.1. The lowest BCUT2D eigenvalue weighted by Gasteiger charge is -2.10. The zero-order chi connectivity index (χ0) is 20.1. The smallest absolute Gasteiger partial charge is 0.277 e. The highest BCUT2D eigenvalue weighted by Gasteiger charge is 2.17. The molecule has 0 radical (unpaired) electrons. The van der Waals surface area contributed by atoms with Crippen molar-refractivity contribution in [2.45, 2.75) is 32.1 Å². The van der Waals surface area contributed by atoms with Crippen molar-refractivity contribution in [3.05, 3.63) is 65.3 Å². The summed E-state index contributed by atoms with van der Waals surface area (Å²) in [5.74, 6) is 0.419. The van der Waals surface area contributed by atoms with Crippen LogP contribution in [0.15, 0.2) is 52.1 Å². The fourth-order valence-corrected chi connectivity index (χ4v) is 2.98. The highest BCUT2D eigenvalue weighted by atomic mass is 32.2. The minimum Gasteiger partial charge on any atom is -0.481 e. The first-order valence-electron chi connectivity index (χ1n) is 8.67. The fraction of sp³-hybridized carbons (Fsp3) is 0.250. The van der Waals surface area contributed by atoms with Crippen molar-refractivity contribution in [1.82, 2.24) is 10.2 Å². The van der Waals surface area contributed by atoms with Gasteiger partial charge in [0.2, 0.25) is 5.91 Å². The Morgan fingerprint density at radius 3 is 2.71 bits per heavy atom. The van der Waals surface area contributed by atoms with E-state index in [0.717, 1.165) is 28.6 Å². The molecule has 146 valence electrons. The molecule has 0 fully saturated rings. The molecule has 0 saturated heterocycles. The third-order valence-corrected chi connectivity index (χ3v) is 4.92. The maximum absolute atomic E-state index is 12.9. The van der Waals surface area contributed by atoms with Crippen molar-refractivity contribution in [2.24, 2.45) is 0 Å². The molecule has 0 spiro atoms. The summed E-state index contributed by atoms with van der Waals surface area (Å²) >= 11 is 1.15. The number of hydrogen-bond donors (Lipinski definition) is 1. The first-order valence-corrected chi connectivity index (χ1v) is 9.65. The minimum atomic E-state index is -0.504. The lowest BCUT2D eigenvalue weighted by Crippen LogP contribution is -2.15. The SMILES string of the molecule is Cc1cccc(NC(=O)CSc2nnc([C@@H](C)Oc3ccc(F)cc3)o2)c1C. The van der Waals surface area contributed by atoms with Crippen LogP contribution in [-0.4, -0.2) is 21.9 Å². The molecule has 2 aromatic carbocycles. The van der Waals surface area contributed by atoms with E-state index in [4.69, 9.17) is 9.15 Å². The molecule has 0 aliphatic carbocycles.